The van der Waals surface area contributed by atoms with Crippen LogP contribution >= 0.6 is 0 Å². The molecule has 0 aromatic heterocycles. The van der Waals surface area contributed by atoms with E-state index >= 15 is 0 Å². The number of esters is 1. The highest BCUT2D eigenvalue weighted by atomic mass is 16.5. The van der Waals surface area contributed by atoms with Crippen LogP contribution in [0.15, 0.2) is 30.3 Å². The van der Waals surface area contributed by atoms with Crippen LogP contribution in [0.1, 0.15) is 19.8 Å². The average Bonchev–Trinajstić information content (AvgIpc) is 2.48. The lowest BCUT2D eigenvalue weighted by Crippen LogP contribution is -2.30. The van der Waals surface area contributed by atoms with Gasteiger partial charge in [0.2, 0.25) is 5.91 Å². The van der Waals surface area contributed by atoms with Gasteiger partial charge in [0, 0.05) is 25.2 Å². The Morgan fingerprint density at radius 3 is 2.40 bits per heavy atom. The molecule has 0 bridgehead atoms. The van der Waals surface area contributed by atoms with Crippen molar-refractivity contribution in [3.8, 4) is 0 Å². The van der Waals surface area contributed by atoms with Crippen molar-refractivity contribution in [2.24, 2.45) is 0 Å². The molecule has 0 spiro atoms. The number of carbonyl (C=O) groups is 2. The van der Waals surface area contributed by atoms with Gasteiger partial charge in [0.15, 0.2) is 0 Å². The molecule has 1 rings (SSSR count). The van der Waals surface area contributed by atoms with Gasteiger partial charge < -0.3 is 15.0 Å². The van der Waals surface area contributed by atoms with E-state index in [0.717, 1.165) is 12.2 Å². The highest BCUT2D eigenvalue weighted by molar-refractivity contribution is 5.90. The number of benzene rings is 1. The highest BCUT2D eigenvalue weighted by Gasteiger charge is 2.09. The molecule has 0 aliphatic heterocycles. The number of nitrogens with one attached hydrogen (secondary N) is 1. The van der Waals surface area contributed by atoms with Gasteiger partial charge in [-0.2, -0.15) is 0 Å². The largest absolute Gasteiger partial charge is 0.469 e. The van der Waals surface area contributed by atoms with E-state index in [2.05, 4.69) is 15.0 Å². The van der Waals surface area contributed by atoms with Crippen molar-refractivity contribution in [1.29, 1.82) is 0 Å². The Morgan fingerprint density at radius 2 is 1.80 bits per heavy atom. The smallest absolute Gasteiger partial charge is 0.306 e. The molecule has 1 aromatic carbocycles. The van der Waals surface area contributed by atoms with E-state index in [-0.39, 0.29) is 11.9 Å². The standard InChI is InChI=1S/C15H22N2O3/c1-3-17(12-10-15(19)20-2)11-9-14(18)16-13-7-5-4-6-8-13/h4-8H,3,9-12H2,1-2H3,(H,16,18). The second-order valence-corrected chi connectivity index (χ2v) is 4.42. The van der Waals surface area contributed by atoms with Gasteiger partial charge in [-0.3, -0.25) is 9.59 Å². The summed E-state index contributed by atoms with van der Waals surface area (Å²) in [6.45, 7) is 4.05. The van der Waals surface area contributed by atoms with Gasteiger partial charge >= 0.3 is 5.97 Å². The van der Waals surface area contributed by atoms with Crippen LogP contribution in [0.4, 0.5) is 5.69 Å². The Morgan fingerprint density at radius 1 is 1.15 bits per heavy atom. The van der Waals surface area contributed by atoms with E-state index in [9.17, 15) is 9.59 Å². The van der Waals surface area contributed by atoms with Crippen LogP contribution in [0, 0.1) is 0 Å². The van der Waals surface area contributed by atoms with Gasteiger partial charge in [0.25, 0.3) is 0 Å². The van der Waals surface area contributed by atoms with Crippen LogP contribution in [-0.2, 0) is 14.3 Å². The summed E-state index contributed by atoms with van der Waals surface area (Å²) in [5.74, 6) is -0.245. The molecular weight excluding hydrogens is 256 g/mol. The lowest BCUT2D eigenvalue weighted by Gasteiger charge is -2.19. The first-order valence-electron chi connectivity index (χ1n) is 6.79. The number of nitrogens with zero attached hydrogens (tertiary/aromatic N) is 1. The van der Waals surface area contributed by atoms with Crippen LogP contribution in [0.5, 0.6) is 0 Å². The molecule has 0 radical (unpaired) electrons. The molecule has 1 N–H and O–H groups in total. The molecule has 1 amide bonds. The van der Waals surface area contributed by atoms with Crippen LogP contribution in [0.25, 0.3) is 0 Å². The van der Waals surface area contributed by atoms with Gasteiger partial charge in [-0.1, -0.05) is 25.1 Å². The molecule has 5 heteroatoms. The predicted molar refractivity (Wildman–Crippen MR) is 78.4 cm³/mol. The minimum atomic E-state index is -0.225. The fourth-order valence-electron chi connectivity index (χ4n) is 1.78. The van der Waals surface area contributed by atoms with Crippen LogP contribution < -0.4 is 5.32 Å². The van der Waals surface area contributed by atoms with Crippen molar-refractivity contribution >= 4 is 17.6 Å². The third-order valence-corrected chi connectivity index (χ3v) is 3.02. The van der Waals surface area contributed by atoms with E-state index in [4.69, 9.17) is 0 Å². The van der Waals surface area contributed by atoms with Crippen molar-refractivity contribution in [2.45, 2.75) is 19.8 Å². The summed E-state index contributed by atoms with van der Waals surface area (Å²) in [5, 5.41) is 2.84. The van der Waals surface area contributed by atoms with Crippen LogP contribution in [0.2, 0.25) is 0 Å². The number of anilines is 1. The zero-order valence-corrected chi connectivity index (χ0v) is 12.1. The van der Waals surface area contributed by atoms with Crippen LogP contribution in [-0.4, -0.2) is 43.5 Å². The molecule has 0 atom stereocenters. The first-order chi connectivity index (χ1) is 9.65. The Bertz CT molecular complexity index is 420. The van der Waals surface area contributed by atoms with Crippen molar-refractivity contribution in [2.75, 3.05) is 32.1 Å². The van der Waals surface area contributed by atoms with Crippen LogP contribution in [0.3, 0.4) is 0 Å². The maximum Gasteiger partial charge on any atom is 0.306 e. The van der Waals surface area contributed by atoms with Crippen molar-refractivity contribution in [1.82, 2.24) is 4.90 Å². The number of amides is 1. The molecule has 0 fully saturated rings. The summed E-state index contributed by atoms with van der Waals surface area (Å²) in [5.41, 5.74) is 0.801. The van der Waals surface area contributed by atoms with E-state index in [0.29, 0.717) is 25.9 Å². The van der Waals surface area contributed by atoms with E-state index in [1.807, 2.05) is 37.3 Å². The summed E-state index contributed by atoms with van der Waals surface area (Å²) < 4.78 is 4.60. The monoisotopic (exact) mass is 278 g/mol. The maximum atomic E-state index is 11.8. The molecule has 0 heterocycles. The highest BCUT2D eigenvalue weighted by Crippen LogP contribution is 2.05. The molecule has 0 saturated heterocycles. The zero-order valence-electron chi connectivity index (χ0n) is 12.1. The van der Waals surface area contributed by atoms with E-state index in [1.54, 1.807) is 0 Å². The van der Waals surface area contributed by atoms with Gasteiger partial charge in [-0.25, -0.2) is 0 Å². The summed E-state index contributed by atoms with van der Waals surface area (Å²) in [6.07, 6.45) is 0.758. The van der Waals surface area contributed by atoms with Crippen molar-refractivity contribution in [3.05, 3.63) is 30.3 Å². The zero-order chi connectivity index (χ0) is 14.8. The topological polar surface area (TPSA) is 58.6 Å². The number of rotatable bonds is 8. The first kappa shape index (κ1) is 16.2. The number of hydrogen-bond donors (Lipinski definition) is 1. The second kappa shape index (κ2) is 9.09. The fraction of sp³-hybridized carbons (Fsp3) is 0.467. The van der Waals surface area contributed by atoms with Crippen molar-refractivity contribution < 1.29 is 14.3 Å². The summed E-state index contributed by atoms with van der Waals surface area (Å²) in [6, 6.07) is 9.37. The number of methoxy groups -OCH3 is 1. The Labute approximate surface area is 119 Å². The lowest BCUT2D eigenvalue weighted by molar-refractivity contribution is -0.140. The molecule has 0 unspecified atom stereocenters. The average molecular weight is 278 g/mol. The molecule has 5 nitrogen and oxygen atoms in total. The Balaban J connectivity index is 2.29. The molecule has 0 saturated carbocycles. The molecular formula is C15H22N2O3. The molecule has 0 aliphatic rings. The predicted octanol–water partition coefficient (Wildman–Crippen LogP) is 1.90. The Hall–Kier alpha value is -1.88. The SMILES string of the molecule is CCN(CCC(=O)Nc1ccccc1)CCC(=O)OC. The van der Waals surface area contributed by atoms with Gasteiger partial charge in [-0.15, -0.1) is 0 Å². The summed E-state index contributed by atoms with van der Waals surface area (Å²) in [7, 11) is 1.38. The third kappa shape index (κ3) is 6.33. The fourth-order valence-corrected chi connectivity index (χ4v) is 1.78. The second-order valence-electron chi connectivity index (χ2n) is 4.42. The first-order valence-corrected chi connectivity index (χ1v) is 6.79. The molecule has 1 aromatic rings. The number of ether oxygens (including phenoxy) is 1. The molecule has 20 heavy (non-hydrogen) atoms. The quantitative estimate of drug-likeness (QED) is 0.738. The maximum absolute atomic E-state index is 11.8. The van der Waals surface area contributed by atoms with E-state index in [1.165, 1.54) is 7.11 Å². The van der Waals surface area contributed by atoms with Gasteiger partial charge in [0.1, 0.15) is 0 Å². The lowest BCUT2D eigenvalue weighted by atomic mass is 10.3. The number of para-hydroxylation sites is 1. The molecule has 110 valence electrons. The number of carbonyl (C=O) groups excluding carboxylic acids is 2. The summed E-state index contributed by atoms with van der Waals surface area (Å²) in [4.78, 5) is 24.9. The minimum Gasteiger partial charge on any atom is -0.469 e. The normalized spacial score (nSPS) is 10.3. The van der Waals surface area contributed by atoms with Gasteiger partial charge in [-0.05, 0) is 18.7 Å². The summed E-state index contributed by atoms with van der Waals surface area (Å²) >= 11 is 0. The van der Waals surface area contributed by atoms with E-state index < -0.39 is 0 Å². The van der Waals surface area contributed by atoms with Gasteiger partial charge in [0.05, 0.1) is 13.5 Å². The third-order valence-electron chi connectivity index (χ3n) is 3.02. The molecule has 0 aliphatic carbocycles. The number of hydrogen-bond acceptors (Lipinski definition) is 4. The van der Waals surface area contributed by atoms with Crippen molar-refractivity contribution in [3.63, 3.8) is 0 Å². The Kier molecular flexibility index (Phi) is 7.35. The minimum absolute atomic E-state index is 0.0206.